The number of carboxylic acids is 1. The smallest absolute Gasteiger partial charge is 0.338 e. The van der Waals surface area contributed by atoms with Gasteiger partial charge in [-0.3, -0.25) is 14.5 Å². The number of hydrogen-bond acceptors (Lipinski definition) is 8. The number of aliphatic hydroxyl groups excluding tert-OH is 1. The number of esters is 1. The van der Waals surface area contributed by atoms with Gasteiger partial charge in [-0.25, -0.2) is 19.6 Å². The average molecular weight is 486 g/mol. The maximum absolute atomic E-state index is 11.8. The zero-order valence-corrected chi connectivity index (χ0v) is 19.5. The Morgan fingerprint density at radius 1 is 1.22 bits per heavy atom. The number of aromatic nitrogens is 4. The third-order valence-corrected chi connectivity index (χ3v) is 7.00. The van der Waals surface area contributed by atoms with E-state index in [1.54, 1.807) is 35.2 Å². The van der Waals surface area contributed by atoms with E-state index in [1.807, 2.05) is 13.0 Å². The maximum atomic E-state index is 11.8. The number of cyclic esters (lactones) is 1. The van der Waals surface area contributed by atoms with Crippen LogP contribution in [0.15, 0.2) is 42.9 Å². The first kappa shape index (κ1) is 22.3. The Hall–Kier alpha value is -4.15. The van der Waals surface area contributed by atoms with Crippen LogP contribution >= 0.6 is 0 Å². The van der Waals surface area contributed by atoms with E-state index in [2.05, 4.69) is 14.9 Å². The van der Waals surface area contributed by atoms with E-state index in [4.69, 9.17) is 9.72 Å². The van der Waals surface area contributed by atoms with Gasteiger partial charge in [0.1, 0.15) is 6.61 Å². The van der Waals surface area contributed by atoms with Gasteiger partial charge in [-0.2, -0.15) is 0 Å². The molecule has 10 heteroatoms. The molecule has 2 N–H and O–H groups in total. The molecule has 0 saturated carbocycles. The van der Waals surface area contributed by atoms with Crippen molar-refractivity contribution >= 4 is 23.0 Å². The second kappa shape index (κ2) is 8.51. The number of rotatable bonds is 5. The van der Waals surface area contributed by atoms with Crippen molar-refractivity contribution in [3.63, 3.8) is 0 Å². The van der Waals surface area contributed by atoms with E-state index in [9.17, 15) is 19.8 Å². The summed E-state index contributed by atoms with van der Waals surface area (Å²) in [6, 6.07) is 6.91. The number of aliphatic hydroxyl groups is 1. The molecule has 6 rings (SSSR count). The Morgan fingerprint density at radius 3 is 2.92 bits per heavy atom. The van der Waals surface area contributed by atoms with Gasteiger partial charge in [-0.1, -0.05) is 6.07 Å². The molecule has 2 aliphatic rings. The number of carboxylic acid groups (broad SMARTS) is 1. The summed E-state index contributed by atoms with van der Waals surface area (Å²) < 4.78 is 6.87. The highest BCUT2D eigenvalue weighted by Gasteiger charge is 2.27. The van der Waals surface area contributed by atoms with Gasteiger partial charge >= 0.3 is 11.9 Å². The molecular formula is C26H23N5O5. The first-order valence-corrected chi connectivity index (χ1v) is 11.6. The van der Waals surface area contributed by atoms with E-state index >= 15 is 0 Å². The lowest BCUT2D eigenvalue weighted by atomic mass is 9.95. The van der Waals surface area contributed by atoms with Crippen LogP contribution in [0.25, 0.3) is 17.0 Å². The molecule has 0 radical (unpaired) electrons. The molecular weight excluding hydrogens is 462 g/mol. The molecule has 0 fully saturated rings. The second-order valence-electron chi connectivity index (χ2n) is 9.14. The Balaban J connectivity index is 1.21. The zero-order chi connectivity index (χ0) is 25.0. The van der Waals surface area contributed by atoms with Gasteiger partial charge in [0.15, 0.2) is 0 Å². The van der Waals surface area contributed by atoms with Crippen LogP contribution in [0.3, 0.4) is 0 Å². The van der Waals surface area contributed by atoms with Crippen molar-refractivity contribution < 1.29 is 24.5 Å². The number of β-amino-alcohol motifs (C(OH)–C–C–N with tert-alkyl or cyclic N) is 1. The average Bonchev–Trinajstić information content (AvgIpc) is 3.47. The van der Waals surface area contributed by atoms with Gasteiger partial charge in [0.2, 0.25) is 5.95 Å². The van der Waals surface area contributed by atoms with Crippen molar-refractivity contribution in [1.82, 2.24) is 24.4 Å². The van der Waals surface area contributed by atoms with E-state index < -0.39 is 12.1 Å². The number of pyridine rings is 1. The van der Waals surface area contributed by atoms with Crippen LogP contribution in [0.1, 0.15) is 54.8 Å². The minimum Gasteiger partial charge on any atom is -0.478 e. The van der Waals surface area contributed by atoms with Crippen molar-refractivity contribution in [2.24, 2.45) is 0 Å². The topological polar surface area (TPSA) is 131 Å². The highest BCUT2D eigenvalue weighted by molar-refractivity contribution is 5.94. The van der Waals surface area contributed by atoms with Crippen molar-refractivity contribution in [3.05, 3.63) is 81.9 Å². The molecule has 182 valence electrons. The third-order valence-electron chi connectivity index (χ3n) is 7.00. The number of carbonyl (C=O) groups is 2. The highest BCUT2D eigenvalue weighted by atomic mass is 16.5. The molecule has 0 spiro atoms. The Kier molecular flexibility index (Phi) is 5.27. The first-order valence-electron chi connectivity index (χ1n) is 11.6. The van der Waals surface area contributed by atoms with Crippen molar-refractivity contribution in [3.8, 4) is 5.95 Å². The summed E-state index contributed by atoms with van der Waals surface area (Å²) in [6.45, 7) is 3.95. The largest absolute Gasteiger partial charge is 0.478 e. The maximum Gasteiger partial charge on any atom is 0.338 e. The Bertz CT molecular complexity index is 1550. The highest BCUT2D eigenvalue weighted by Crippen LogP contribution is 2.30. The van der Waals surface area contributed by atoms with E-state index in [0.29, 0.717) is 42.1 Å². The predicted octanol–water partition coefficient (Wildman–Crippen LogP) is 2.58. The number of nitrogens with zero attached hydrogens (tertiary/aromatic N) is 5. The lowest BCUT2D eigenvalue weighted by Crippen LogP contribution is -2.35. The minimum absolute atomic E-state index is 0.104. The number of aromatic carboxylic acids is 1. The van der Waals surface area contributed by atoms with Crippen molar-refractivity contribution in [2.45, 2.75) is 32.6 Å². The van der Waals surface area contributed by atoms with Crippen molar-refractivity contribution in [2.75, 3.05) is 13.1 Å². The summed E-state index contributed by atoms with van der Waals surface area (Å²) in [5, 5.41) is 20.3. The summed E-state index contributed by atoms with van der Waals surface area (Å²) >= 11 is 0. The fourth-order valence-corrected chi connectivity index (χ4v) is 5.01. The van der Waals surface area contributed by atoms with Gasteiger partial charge in [-0.15, -0.1) is 0 Å². The minimum atomic E-state index is -1.04. The Labute approximate surface area is 205 Å². The van der Waals surface area contributed by atoms with Gasteiger partial charge < -0.3 is 14.9 Å². The van der Waals surface area contributed by atoms with Crippen LogP contribution in [0.2, 0.25) is 0 Å². The summed E-state index contributed by atoms with van der Waals surface area (Å²) in [4.78, 5) is 38.8. The molecule has 10 nitrogen and oxygen atoms in total. The molecule has 2 aliphatic heterocycles. The summed E-state index contributed by atoms with van der Waals surface area (Å²) in [5.41, 5.74) is 6.45. The van der Waals surface area contributed by atoms with Crippen LogP contribution in [0, 0.1) is 6.92 Å². The fraction of sp³-hybridized carbons (Fsp3) is 0.269. The standard InChI is InChI=1S/C26H23N5O5/c1-14-17(2-3-18-19(14)13-36-25(18)35)23(32)12-30-6-4-20-16(11-30)10-28-26(29-20)31-7-5-21-22(31)8-15(9-27-21)24(33)34/h2-3,5,7-10,23,32H,4,6,11-13H2,1H3,(H,33,34). The molecule has 0 saturated heterocycles. The quantitative estimate of drug-likeness (QED) is 0.410. The normalized spacial score (nSPS) is 16.0. The van der Waals surface area contributed by atoms with Gasteiger partial charge in [0.05, 0.1) is 34.0 Å². The summed E-state index contributed by atoms with van der Waals surface area (Å²) in [7, 11) is 0. The lowest BCUT2D eigenvalue weighted by Gasteiger charge is -2.30. The number of fused-ring (bicyclic) bond motifs is 3. The van der Waals surface area contributed by atoms with Crippen LogP contribution in [-0.4, -0.2) is 59.7 Å². The summed E-state index contributed by atoms with van der Waals surface area (Å²) in [6.07, 6.45) is 4.91. The van der Waals surface area contributed by atoms with Gasteiger partial charge in [-0.05, 0) is 36.2 Å². The molecule has 1 aromatic carbocycles. The number of carbonyl (C=O) groups excluding carboxylic acids is 1. The van der Waals surface area contributed by atoms with Crippen LogP contribution in [-0.2, 0) is 24.3 Å². The SMILES string of the molecule is Cc1c(C(O)CN2CCc3nc(-n4ccc5ncc(C(=O)O)cc54)ncc3C2)ccc2c1COC2=O. The second-order valence-corrected chi connectivity index (χ2v) is 9.14. The third kappa shape index (κ3) is 3.71. The predicted molar refractivity (Wildman–Crippen MR) is 128 cm³/mol. The first-order chi connectivity index (χ1) is 17.4. The monoisotopic (exact) mass is 485 g/mol. The van der Waals surface area contributed by atoms with Crippen LogP contribution in [0.5, 0.6) is 0 Å². The number of hydrogen-bond donors (Lipinski definition) is 2. The molecule has 3 aromatic heterocycles. The number of ether oxygens (including phenoxy) is 1. The van der Waals surface area contributed by atoms with Crippen LogP contribution in [0.4, 0.5) is 0 Å². The van der Waals surface area contributed by atoms with E-state index in [-0.39, 0.29) is 18.1 Å². The molecule has 0 aliphatic carbocycles. The molecule has 1 unspecified atom stereocenters. The molecule has 4 aromatic rings. The zero-order valence-electron chi connectivity index (χ0n) is 19.5. The summed E-state index contributed by atoms with van der Waals surface area (Å²) in [5.74, 6) is -0.887. The molecule has 1 atom stereocenters. The number of benzene rings is 1. The fourth-order valence-electron chi connectivity index (χ4n) is 5.01. The molecule has 0 bridgehead atoms. The van der Waals surface area contributed by atoms with E-state index in [0.717, 1.165) is 34.5 Å². The van der Waals surface area contributed by atoms with E-state index in [1.165, 1.54) is 6.20 Å². The van der Waals surface area contributed by atoms with Gasteiger partial charge in [0.25, 0.3) is 0 Å². The Morgan fingerprint density at radius 2 is 2.08 bits per heavy atom. The van der Waals surface area contributed by atoms with Crippen molar-refractivity contribution in [1.29, 1.82) is 0 Å². The van der Waals surface area contributed by atoms with Gasteiger partial charge in [0, 0.05) is 55.8 Å². The molecule has 0 amide bonds. The molecule has 5 heterocycles. The van der Waals surface area contributed by atoms with Crippen LogP contribution < -0.4 is 0 Å². The molecule has 36 heavy (non-hydrogen) atoms. The lowest BCUT2D eigenvalue weighted by molar-refractivity contribution is 0.0534.